The van der Waals surface area contributed by atoms with Crippen LogP contribution in [0.15, 0.2) is 12.4 Å². The van der Waals surface area contributed by atoms with Crippen LogP contribution in [0, 0.1) is 0 Å². The summed E-state index contributed by atoms with van der Waals surface area (Å²) < 4.78 is 0. The molecule has 1 aromatic rings. The first kappa shape index (κ1) is 12.3. The van der Waals surface area contributed by atoms with Gasteiger partial charge in [0, 0.05) is 24.8 Å². The number of aromatic nitrogens is 2. The number of anilines is 1. The van der Waals surface area contributed by atoms with E-state index < -0.39 is 0 Å². The molecule has 0 bridgehead atoms. The zero-order chi connectivity index (χ0) is 12.1. The lowest BCUT2D eigenvalue weighted by molar-refractivity contribution is 0.352. The van der Waals surface area contributed by atoms with Gasteiger partial charge in [0.05, 0.1) is 0 Å². The highest BCUT2D eigenvalue weighted by Crippen LogP contribution is 2.13. The van der Waals surface area contributed by atoms with Gasteiger partial charge in [0.1, 0.15) is 12.1 Å². The smallest absolute Gasteiger partial charge is 0.129 e. The fourth-order valence-electron chi connectivity index (χ4n) is 2.13. The van der Waals surface area contributed by atoms with Crippen molar-refractivity contribution in [1.82, 2.24) is 14.9 Å². The van der Waals surface area contributed by atoms with Gasteiger partial charge in [-0.25, -0.2) is 9.97 Å². The average molecular weight is 234 g/mol. The van der Waals surface area contributed by atoms with Crippen LogP contribution in [0.3, 0.4) is 0 Å². The summed E-state index contributed by atoms with van der Waals surface area (Å²) in [5, 5.41) is 3.37. The van der Waals surface area contributed by atoms with Gasteiger partial charge in [-0.3, -0.25) is 0 Å². The molecule has 0 unspecified atom stereocenters. The molecule has 17 heavy (non-hydrogen) atoms. The Balaban J connectivity index is 1.79. The van der Waals surface area contributed by atoms with E-state index in [1.165, 1.54) is 25.9 Å². The van der Waals surface area contributed by atoms with Crippen molar-refractivity contribution in [3.05, 3.63) is 18.1 Å². The van der Waals surface area contributed by atoms with E-state index in [2.05, 4.69) is 40.1 Å². The zero-order valence-corrected chi connectivity index (χ0v) is 10.8. The van der Waals surface area contributed by atoms with Gasteiger partial charge in [-0.2, -0.15) is 0 Å². The molecule has 1 aliphatic rings. The average Bonchev–Trinajstić information content (AvgIpc) is 2.82. The second kappa shape index (κ2) is 5.96. The minimum atomic E-state index is 0.456. The maximum absolute atomic E-state index is 4.26. The third kappa shape index (κ3) is 3.66. The fraction of sp³-hybridized carbons (Fsp3) is 0.692. The van der Waals surface area contributed by atoms with Gasteiger partial charge in [0.25, 0.3) is 0 Å². The van der Waals surface area contributed by atoms with Gasteiger partial charge >= 0.3 is 0 Å². The Labute approximate surface area is 103 Å². The molecule has 2 heterocycles. The highest BCUT2D eigenvalue weighted by Gasteiger charge is 2.10. The molecule has 1 saturated heterocycles. The molecule has 0 radical (unpaired) electrons. The maximum atomic E-state index is 4.26. The molecule has 1 N–H and O–H groups in total. The van der Waals surface area contributed by atoms with Gasteiger partial charge < -0.3 is 10.2 Å². The monoisotopic (exact) mass is 234 g/mol. The largest absolute Gasteiger partial charge is 0.369 e. The normalized spacial score (nSPS) is 16.6. The second-order valence-corrected chi connectivity index (χ2v) is 4.96. The molecule has 0 spiro atoms. The summed E-state index contributed by atoms with van der Waals surface area (Å²) in [4.78, 5) is 11.0. The van der Waals surface area contributed by atoms with Crippen LogP contribution in [0.25, 0.3) is 0 Å². The van der Waals surface area contributed by atoms with E-state index in [4.69, 9.17) is 0 Å². The van der Waals surface area contributed by atoms with Crippen molar-refractivity contribution in [2.45, 2.75) is 32.6 Å². The first-order chi connectivity index (χ1) is 8.25. The van der Waals surface area contributed by atoms with E-state index in [1.54, 1.807) is 6.33 Å². The Morgan fingerprint density at radius 2 is 2.06 bits per heavy atom. The van der Waals surface area contributed by atoms with Gasteiger partial charge in [0.2, 0.25) is 0 Å². The number of hydrogen-bond acceptors (Lipinski definition) is 4. The summed E-state index contributed by atoms with van der Waals surface area (Å²) in [5.41, 5.74) is 1.10. The lowest BCUT2D eigenvalue weighted by Crippen LogP contribution is -2.26. The van der Waals surface area contributed by atoms with E-state index in [1.807, 2.05) is 0 Å². The summed E-state index contributed by atoms with van der Waals surface area (Å²) in [5.74, 6) is 1.40. The van der Waals surface area contributed by atoms with Crippen LogP contribution in [-0.2, 0) is 0 Å². The van der Waals surface area contributed by atoms with Gasteiger partial charge in [-0.15, -0.1) is 0 Å². The molecule has 0 aliphatic carbocycles. The highest BCUT2D eigenvalue weighted by atomic mass is 15.2. The molecule has 0 saturated carbocycles. The Morgan fingerprint density at radius 1 is 1.29 bits per heavy atom. The lowest BCUT2D eigenvalue weighted by atomic mass is 10.1. The molecule has 0 amide bonds. The molecule has 4 nitrogen and oxygen atoms in total. The van der Waals surface area contributed by atoms with Crippen molar-refractivity contribution in [2.24, 2.45) is 0 Å². The van der Waals surface area contributed by atoms with Crippen LogP contribution in [0.5, 0.6) is 0 Å². The van der Waals surface area contributed by atoms with Crippen molar-refractivity contribution in [1.29, 1.82) is 0 Å². The molecule has 2 rings (SSSR count). The highest BCUT2D eigenvalue weighted by molar-refractivity contribution is 5.35. The van der Waals surface area contributed by atoms with Crippen molar-refractivity contribution >= 4 is 5.82 Å². The first-order valence-corrected chi connectivity index (χ1v) is 6.54. The third-order valence-electron chi connectivity index (χ3n) is 3.21. The quantitative estimate of drug-likeness (QED) is 0.847. The number of nitrogens with zero attached hydrogens (tertiary/aromatic N) is 3. The molecule has 94 valence electrons. The number of rotatable bonds is 5. The minimum Gasteiger partial charge on any atom is -0.369 e. The Bertz CT molecular complexity index is 345. The summed E-state index contributed by atoms with van der Waals surface area (Å²) >= 11 is 0. The van der Waals surface area contributed by atoms with Crippen molar-refractivity contribution in [3.63, 3.8) is 0 Å². The Kier molecular flexibility index (Phi) is 4.31. The predicted octanol–water partition coefficient (Wildman–Crippen LogP) is 2.11. The SMILES string of the molecule is CC(C)c1cc(NCCN2CCCC2)ncn1. The van der Waals surface area contributed by atoms with E-state index in [0.29, 0.717) is 5.92 Å². The van der Waals surface area contributed by atoms with E-state index >= 15 is 0 Å². The molecule has 0 atom stereocenters. The number of likely N-dealkylation sites (tertiary alicyclic amines) is 1. The van der Waals surface area contributed by atoms with E-state index in [9.17, 15) is 0 Å². The maximum Gasteiger partial charge on any atom is 0.129 e. The Hall–Kier alpha value is -1.16. The summed E-state index contributed by atoms with van der Waals surface area (Å²) in [6, 6.07) is 2.05. The second-order valence-electron chi connectivity index (χ2n) is 4.96. The van der Waals surface area contributed by atoms with Crippen LogP contribution in [0.1, 0.15) is 38.3 Å². The lowest BCUT2D eigenvalue weighted by Gasteiger charge is -2.15. The molecule has 4 heteroatoms. The van der Waals surface area contributed by atoms with Gasteiger partial charge in [0.15, 0.2) is 0 Å². The molecule has 0 aromatic carbocycles. The molecular weight excluding hydrogens is 212 g/mol. The minimum absolute atomic E-state index is 0.456. The summed E-state index contributed by atoms with van der Waals surface area (Å²) in [7, 11) is 0. The van der Waals surface area contributed by atoms with E-state index in [0.717, 1.165) is 24.6 Å². The third-order valence-corrected chi connectivity index (χ3v) is 3.21. The topological polar surface area (TPSA) is 41.0 Å². The standard InChI is InChI=1S/C13H22N4/c1-11(2)12-9-13(16-10-15-12)14-5-8-17-6-3-4-7-17/h9-11H,3-8H2,1-2H3,(H,14,15,16). The molecule has 1 aliphatic heterocycles. The number of hydrogen-bond donors (Lipinski definition) is 1. The Morgan fingerprint density at radius 3 is 2.76 bits per heavy atom. The first-order valence-electron chi connectivity index (χ1n) is 6.54. The van der Waals surface area contributed by atoms with Crippen molar-refractivity contribution < 1.29 is 0 Å². The fourth-order valence-corrected chi connectivity index (χ4v) is 2.13. The van der Waals surface area contributed by atoms with Crippen molar-refractivity contribution in [2.75, 3.05) is 31.5 Å². The van der Waals surface area contributed by atoms with Crippen LogP contribution < -0.4 is 5.32 Å². The zero-order valence-electron chi connectivity index (χ0n) is 10.8. The number of nitrogens with one attached hydrogen (secondary N) is 1. The summed E-state index contributed by atoms with van der Waals surface area (Å²) in [6.07, 6.45) is 4.35. The molecule has 1 fully saturated rings. The van der Waals surface area contributed by atoms with E-state index in [-0.39, 0.29) is 0 Å². The predicted molar refractivity (Wildman–Crippen MR) is 70.3 cm³/mol. The van der Waals surface area contributed by atoms with Crippen LogP contribution >= 0.6 is 0 Å². The molecular formula is C13H22N4. The van der Waals surface area contributed by atoms with Crippen molar-refractivity contribution in [3.8, 4) is 0 Å². The van der Waals surface area contributed by atoms with Crippen LogP contribution in [0.2, 0.25) is 0 Å². The van der Waals surface area contributed by atoms with Gasteiger partial charge in [-0.05, 0) is 31.8 Å². The van der Waals surface area contributed by atoms with Gasteiger partial charge in [-0.1, -0.05) is 13.8 Å². The van der Waals surface area contributed by atoms with Crippen LogP contribution in [0.4, 0.5) is 5.82 Å². The summed E-state index contributed by atoms with van der Waals surface area (Å²) in [6.45, 7) is 8.88. The molecule has 1 aromatic heterocycles. The van der Waals surface area contributed by atoms with Crippen LogP contribution in [-0.4, -0.2) is 41.0 Å².